The van der Waals surface area contributed by atoms with E-state index in [0.717, 1.165) is 18.4 Å². The largest absolute Gasteiger partial charge is 0.495 e. The molecule has 1 saturated carbocycles. The molecule has 21 heavy (non-hydrogen) atoms. The van der Waals surface area contributed by atoms with Gasteiger partial charge in [-0.3, -0.25) is 4.79 Å². The molecule has 0 radical (unpaired) electrons. The van der Waals surface area contributed by atoms with Crippen molar-refractivity contribution in [1.29, 1.82) is 5.26 Å². The van der Waals surface area contributed by atoms with E-state index in [-0.39, 0.29) is 12.0 Å². The van der Waals surface area contributed by atoms with Crippen molar-refractivity contribution in [2.45, 2.75) is 38.4 Å². The van der Waals surface area contributed by atoms with Crippen LogP contribution in [0, 0.1) is 17.2 Å². The predicted molar refractivity (Wildman–Crippen MR) is 75.9 cm³/mol. The first-order valence-electron chi connectivity index (χ1n) is 7.05. The minimum absolute atomic E-state index is 0.105. The van der Waals surface area contributed by atoms with Gasteiger partial charge in [-0.05, 0) is 43.4 Å². The van der Waals surface area contributed by atoms with Crippen LogP contribution in [0.4, 0.5) is 0 Å². The summed E-state index contributed by atoms with van der Waals surface area (Å²) in [6, 6.07) is 7.50. The summed E-state index contributed by atoms with van der Waals surface area (Å²) in [7, 11) is 1.53. The Morgan fingerprint density at radius 3 is 2.67 bits per heavy atom. The van der Waals surface area contributed by atoms with E-state index in [1.807, 2.05) is 6.07 Å². The molecular weight excluding hydrogens is 270 g/mol. The number of carbonyl (C=O) groups is 1. The predicted octanol–water partition coefficient (Wildman–Crippen LogP) is 2.73. The Bertz CT molecular complexity index is 542. The maximum Gasteiger partial charge on any atom is 0.306 e. The van der Waals surface area contributed by atoms with Crippen molar-refractivity contribution in [2.24, 2.45) is 5.92 Å². The fraction of sp³-hybridized carbons (Fsp3) is 0.500. The van der Waals surface area contributed by atoms with Gasteiger partial charge in [-0.25, -0.2) is 0 Å². The number of nitriles is 1. The van der Waals surface area contributed by atoms with Gasteiger partial charge in [0.25, 0.3) is 0 Å². The minimum atomic E-state index is -0.706. The summed E-state index contributed by atoms with van der Waals surface area (Å²) in [5.74, 6) is -0.374. The lowest BCUT2D eigenvalue weighted by atomic mass is 9.87. The number of hydrogen-bond acceptors (Lipinski definition) is 4. The van der Waals surface area contributed by atoms with E-state index in [0.29, 0.717) is 30.8 Å². The van der Waals surface area contributed by atoms with E-state index in [1.165, 1.54) is 7.11 Å². The second-order valence-electron chi connectivity index (χ2n) is 5.27. The minimum Gasteiger partial charge on any atom is -0.495 e. The van der Waals surface area contributed by atoms with E-state index >= 15 is 0 Å². The summed E-state index contributed by atoms with van der Waals surface area (Å²) >= 11 is 0. The van der Waals surface area contributed by atoms with Crippen molar-refractivity contribution in [3.63, 3.8) is 0 Å². The molecule has 0 atom stereocenters. The fourth-order valence-electron chi connectivity index (χ4n) is 2.62. The summed E-state index contributed by atoms with van der Waals surface area (Å²) < 4.78 is 10.9. The first-order chi connectivity index (χ1) is 10.1. The van der Waals surface area contributed by atoms with Crippen LogP contribution < -0.4 is 4.74 Å². The van der Waals surface area contributed by atoms with Gasteiger partial charge in [0.2, 0.25) is 0 Å². The van der Waals surface area contributed by atoms with Gasteiger partial charge >= 0.3 is 5.97 Å². The van der Waals surface area contributed by atoms with Crippen LogP contribution in [0.5, 0.6) is 5.75 Å². The van der Waals surface area contributed by atoms with Crippen LogP contribution in [0.15, 0.2) is 18.2 Å². The van der Waals surface area contributed by atoms with Crippen molar-refractivity contribution in [3.05, 3.63) is 29.3 Å². The second kappa shape index (κ2) is 7.09. The third-order valence-electron chi connectivity index (χ3n) is 3.89. The number of aliphatic carboxylic acids is 1. The first kappa shape index (κ1) is 15.3. The molecular formula is C16H19NO4. The van der Waals surface area contributed by atoms with Crippen molar-refractivity contribution in [2.75, 3.05) is 7.11 Å². The molecule has 0 aromatic heterocycles. The lowest BCUT2D eigenvalue weighted by Gasteiger charge is -2.26. The highest BCUT2D eigenvalue weighted by Crippen LogP contribution is 2.27. The average Bonchev–Trinajstić information content (AvgIpc) is 2.52. The molecule has 0 amide bonds. The zero-order chi connectivity index (χ0) is 15.2. The third-order valence-corrected chi connectivity index (χ3v) is 3.89. The average molecular weight is 289 g/mol. The Morgan fingerprint density at radius 2 is 2.10 bits per heavy atom. The van der Waals surface area contributed by atoms with Crippen LogP contribution in [-0.4, -0.2) is 24.3 Å². The summed E-state index contributed by atoms with van der Waals surface area (Å²) in [5.41, 5.74) is 1.42. The van der Waals surface area contributed by atoms with Crippen LogP contribution in [0.2, 0.25) is 0 Å². The van der Waals surface area contributed by atoms with Crippen LogP contribution >= 0.6 is 0 Å². The number of carboxylic acid groups (broad SMARTS) is 1. The lowest BCUT2D eigenvalue weighted by Crippen LogP contribution is -2.25. The van der Waals surface area contributed by atoms with Gasteiger partial charge in [0.15, 0.2) is 0 Å². The second-order valence-corrected chi connectivity index (χ2v) is 5.27. The molecule has 1 aliphatic rings. The SMILES string of the molecule is COc1ccc(COC2CCC(C(=O)O)CC2)cc1C#N. The van der Waals surface area contributed by atoms with E-state index in [2.05, 4.69) is 6.07 Å². The maximum absolute atomic E-state index is 10.9. The van der Waals surface area contributed by atoms with Gasteiger partial charge in [0.1, 0.15) is 11.8 Å². The van der Waals surface area contributed by atoms with Gasteiger partial charge in [0, 0.05) is 0 Å². The fourth-order valence-corrected chi connectivity index (χ4v) is 2.62. The highest BCUT2D eigenvalue weighted by Gasteiger charge is 2.26. The Kier molecular flexibility index (Phi) is 5.18. The Hall–Kier alpha value is -2.06. The summed E-state index contributed by atoms with van der Waals surface area (Å²) in [4.78, 5) is 10.9. The van der Waals surface area contributed by atoms with Crippen molar-refractivity contribution >= 4 is 5.97 Å². The Balaban J connectivity index is 1.87. The molecule has 0 aliphatic heterocycles. The number of ether oxygens (including phenoxy) is 2. The van der Waals surface area contributed by atoms with Crippen LogP contribution in [0.3, 0.4) is 0 Å². The normalized spacial score (nSPS) is 21.5. The molecule has 0 bridgehead atoms. The maximum atomic E-state index is 10.9. The molecule has 2 rings (SSSR count). The highest BCUT2D eigenvalue weighted by atomic mass is 16.5. The molecule has 0 heterocycles. The third kappa shape index (κ3) is 3.96. The molecule has 1 aromatic carbocycles. The zero-order valence-corrected chi connectivity index (χ0v) is 12.0. The van der Waals surface area contributed by atoms with E-state index < -0.39 is 5.97 Å². The van der Waals surface area contributed by atoms with Crippen LogP contribution in [0.25, 0.3) is 0 Å². The van der Waals surface area contributed by atoms with Gasteiger partial charge in [0.05, 0.1) is 31.3 Å². The molecule has 0 saturated heterocycles. The molecule has 5 nitrogen and oxygen atoms in total. The van der Waals surface area contributed by atoms with Gasteiger partial charge in [-0.15, -0.1) is 0 Å². The Labute approximate surface area is 124 Å². The molecule has 1 N–H and O–H groups in total. The first-order valence-corrected chi connectivity index (χ1v) is 7.05. The number of carboxylic acids is 1. The lowest BCUT2D eigenvalue weighted by molar-refractivity contribution is -0.143. The van der Waals surface area contributed by atoms with Gasteiger partial charge in [-0.2, -0.15) is 5.26 Å². The monoisotopic (exact) mass is 289 g/mol. The molecule has 112 valence electrons. The number of benzene rings is 1. The molecule has 1 fully saturated rings. The van der Waals surface area contributed by atoms with E-state index in [9.17, 15) is 4.79 Å². The quantitative estimate of drug-likeness (QED) is 0.901. The van der Waals surface area contributed by atoms with Gasteiger partial charge < -0.3 is 14.6 Å². The topological polar surface area (TPSA) is 79.6 Å². The van der Waals surface area contributed by atoms with Crippen molar-refractivity contribution < 1.29 is 19.4 Å². The van der Waals surface area contributed by atoms with E-state index in [1.54, 1.807) is 12.1 Å². The molecule has 1 aromatic rings. The number of hydrogen-bond donors (Lipinski definition) is 1. The summed E-state index contributed by atoms with van der Waals surface area (Å²) in [5, 5.41) is 18.0. The standard InChI is InChI=1S/C16H19NO4/c1-20-15-7-2-11(8-13(15)9-17)10-21-14-5-3-12(4-6-14)16(18)19/h2,7-8,12,14H,3-6,10H2,1H3,(H,18,19). The molecule has 0 spiro atoms. The Morgan fingerprint density at radius 1 is 1.38 bits per heavy atom. The number of nitrogens with zero attached hydrogens (tertiary/aromatic N) is 1. The molecule has 5 heteroatoms. The van der Waals surface area contributed by atoms with E-state index in [4.69, 9.17) is 19.8 Å². The smallest absolute Gasteiger partial charge is 0.306 e. The summed E-state index contributed by atoms with van der Waals surface area (Å²) in [6.07, 6.45) is 3.00. The number of rotatable bonds is 5. The molecule has 0 unspecified atom stereocenters. The van der Waals surface area contributed by atoms with Crippen LogP contribution in [0.1, 0.15) is 36.8 Å². The van der Waals surface area contributed by atoms with Gasteiger partial charge in [-0.1, -0.05) is 6.07 Å². The van der Waals surface area contributed by atoms with Crippen molar-refractivity contribution in [1.82, 2.24) is 0 Å². The zero-order valence-electron chi connectivity index (χ0n) is 12.0. The highest BCUT2D eigenvalue weighted by molar-refractivity contribution is 5.70. The summed E-state index contributed by atoms with van der Waals surface area (Å²) in [6.45, 7) is 0.432. The van der Waals surface area contributed by atoms with Crippen molar-refractivity contribution in [3.8, 4) is 11.8 Å². The van der Waals surface area contributed by atoms with Crippen LogP contribution in [-0.2, 0) is 16.1 Å². The molecule has 1 aliphatic carbocycles. The number of methoxy groups -OCH3 is 1.